The van der Waals surface area contributed by atoms with Crippen LogP contribution < -0.4 is 0 Å². The second-order valence-electron chi connectivity index (χ2n) is 6.15. The molecule has 88 valence electrons. The van der Waals surface area contributed by atoms with Crippen LogP contribution in [0.2, 0.25) is 0 Å². The SMILES string of the molecule is C=C.CC1CCC(C2CCC2(C)C)CC1. The molecule has 0 amide bonds. The van der Waals surface area contributed by atoms with Crippen LogP contribution in [0.1, 0.15) is 59.3 Å². The number of hydrogen-bond acceptors (Lipinski definition) is 0. The molecule has 0 aromatic heterocycles. The Bertz CT molecular complexity index is 184. The molecule has 0 heteroatoms. The minimum Gasteiger partial charge on any atom is -0.106 e. The Morgan fingerprint density at radius 1 is 0.933 bits per heavy atom. The highest BCUT2D eigenvalue weighted by molar-refractivity contribution is 4.93. The molecule has 0 aromatic carbocycles. The van der Waals surface area contributed by atoms with Crippen molar-refractivity contribution in [3.63, 3.8) is 0 Å². The van der Waals surface area contributed by atoms with Gasteiger partial charge in [0.15, 0.2) is 0 Å². The van der Waals surface area contributed by atoms with Gasteiger partial charge in [-0.15, -0.1) is 13.2 Å². The van der Waals surface area contributed by atoms with Crippen molar-refractivity contribution in [2.24, 2.45) is 23.2 Å². The number of hydrogen-bond donors (Lipinski definition) is 0. The summed E-state index contributed by atoms with van der Waals surface area (Å²) in [4.78, 5) is 0. The lowest BCUT2D eigenvalue weighted by Crippen LogP contribution is -2.40. The molecule has 0 heterocycles. The largest absolute Gasteiger partial charge is 0.106 e. The first-order valence-corrected chi connectivity index (χ1v) is 6.59. The van der Waals surface area contributed by atoms with Crippen molar-refractivity contribution in [2.45, 2.75) is 59.3 Å². The Balaban J connectivity index is 0.000000531. The predicted molar refractivity (Wildman–Crippen MR) is 68.9 cm³/mol. The van der Waals surface area contributed by atoms with Crippen LogP contribution in [0.4, 0.5) is 0 Å². The van der Waals surface area contributed by atoms with Gasteiger partial charge in [-0.25, -0.2) is 0 Å². The molecule has 1 unspecified atom stereocenters. The maximum Gasteiger partial charge on any atom is -0.0323 e. The fraction of sp³-hybridized carbons (Fsp3) is 0.867. The van der Waals surface area contributed by atoms with Gasteiger partial charge in [0, 0.05) is 0 Å². The van der Waals surface area contributed by atoms with E-state index in [2.05, 4.69) is 33.9 Å². The van der Waals surface area contributed by atoms with Gasteiger partial charge in [0.1, 0.15) is 0 Å². The molecular weight excluding hydrogens is 180 g/mol. The topological polar surface area (TPSA) is 0 Å². The highest BCUT2D eigenvalue weighted by atomic mass is 14.5. The van der Waals surface area contributed by atoms with E-state index in [1.54, 1.807) is 0 Å². The van der Waals surface area contributed by atoms with Gasteiger partial charge < -0.3 is 0 Å². The second-order valence-corrected chi connectivity index (χ2v) is 6.15. The van der Waals surface area contributed by atoms with Crippen LogP contribution in [-0.2, 0) is 0 Å². The van der Waals surface area contributed by atoms with Gasteiger partial charge in [0.05, 0.1) is 0 Å². The predicted octanol–water partition coefficient (Wildman–Crippen LogP) is 5.05. The van der Waals surface area contributed by atoms with Crippen molar-refractivity contribution in [1.29, 1.82) is 0 Å². The Kier molecular flexibility index (Phi) is 4.43. The van der Waals surface area contributed by atoms with E-state index in [4.69, 9.17) is 0 Å². The first kappa shape index (κ1) is 12.8. The molecule has 2 aliphatic carbocycles. The Morgan fingerprint density at radius 2 is 1.47 bits per heavy atom. The summed E-state index contributed by atoms with van der Waals surface area (Å²) in [6.07, 6.45) is 9.04. The first-order chi connectivity index (χ1) is 7.09. The van der Waals surface area contributed by atoms with Crippen molar-refractivity contribution in [1.82, 2.24) is 0 Å². The van der Waals surface area contributed by atoms with Crippen molar-refractivity contribution < 1.29 is 0 Å². The van der Waals surface area contributed by atoms with Crippen LogP contribution in [-0.4, -0.2) is 0 Å². The summed E-state index contributed by atoms with van der Waals surface area (Å²) in [7, 11) is 0. The number of rotatable bonds is 1. The lowest BCUT2D eigenvalue weighted by atomic mass is 9.55. The molecule has 2 aliphatic rings. The van der Waals surface area contributed by atoms with E-state index in [0.29, 0.717) is 5.41 Å². The van der Waals surface area contributed by atoms with E-state index in [9.17, 15) is 0 Å². The maximum absolute atomic E-state index is 3.00. The van der Waals surface area contributed by atoms with Crippen LogP contribution in [0.3, 0.4) is 0 Å². The van der Waals surface area contributed by atoms with Crippen molar-refractivity contribution >= 4 is 0 Å². The van der Waals surface area contributed by atoms with Crippen LogP contribution in [0, 0.1) is 23.2 Å². The van der Waals surface area contributed by atoms with E-state index in [1.165, 1.54) is 38.5 Å². The summed E-state index contributed by atoms with van der Waals surface area (Å²) >= 11 is 0. The molecule has 0 aromatic rings. The fourth-order valence-electron chi connectivity index (χ4n) is 3.45. The standard InChI is InChI=1S/C13H24.C2H4/c1-10-4-6-11(7-5-10)12-8-9-13(12,2)3;1-2/h10-12H,4-9H2,1-3H3;1-2H2. The van der Waals surface area contributed by atoms with Gasteiger partial charge in [-0.3, -0.25) is 0 Å². The monoisotopic (exact) mass is 208 g/mol. The molecule has 1 atom stereocenters. The second kappa shape index (κ2) is 5.18. The molecule has 0 spiro atoms. The van der Waals surface area contributed by atoms with E-state index in [0.717, 1.165) is 17.8 Å². The van der Waals surface area contributed by atoms with E-state index >= 15 is 0 Å². The molecular formula is C15H28. The third-order valence-corrected chi connectivity index (χ3v) is 4.73. The normalized spacial score (nSPS) is 38.5. The van der Waals surface area contributed by atoms with Gasteiger partial charge in [0.25, 0.3) is 0 Å². The summed E-state index contributed by atoms with van der Waals surface area (Å²) in [6.45, 7) is 13.4. The van der Waals surface area contributed by atoms with Crippen LogP contribution in [0.15, 0.2) is 13.2 Å². The van der Waals surface area contributed by atoms with Crippen LogP contribution >= 0.6 is 0 Å². The molecule has 0 saturated heterocycles. The van der Waals surface area contributed by atoms with Crippen molar-refractivity contribution in [3.05, 3.63) is 13.2 Å². The van der Waals surface area contributed by atoms with E-state index in [1.807, 2.05) is 0 Å². The van der Waals surface area contributed by atoms with E-state index in [-0.39, 0.29) is 0 Å². The highest BCUT2D eigenvalue weighted by Crippen LogP contribution is 2.53. The zero-order valence-corrected chi connectivity index (χ0v) is 10.9. The summed E-state index contributed by atoms with van der Waals surface area (Å²) < 4.78 is 0. The maximum atomic E-state index is 3.00. The Morgan fingerprint density at radius 3 is 1.80 bits per heavy atom. The average Bonchev–Trinajstić information content (AvgIpc) is 2.23. The molecule has 2 saturated carbocycles. The van der Waals surface area contributed by atoms with Gasteiger partial charge in [-0.1, -0.05) is 33.6 Å². The lowest BCUT2D eigenvalue weighted by molar-refractivity contribution is 0.000171. The molecule has 2 rings (SSSR count). The van der Waals surface area contributed by atoms with Gasteiger partial charge in [-0.2, -0.15) is 0 Å². The minimum atomic E-state index is 0.686. The molecule has 0 radical (unpaired) electrons. The third kappa shape index (κ3) is 2.86. The first-order valence-electron chi connectivity index (χ1n) is 6.59. The van der Waals surface area contributed by atoms with Gasteiger partial charge in [-0.05, 0) is 48.9 Å². The summed E-state index contributed by atoms with van der Waals surface area (Å²) in [5.41, 5.74) is 0.686. The average molecular weight is 208 g/mol. The Hall–Kier alpha value is -0.260. The van der Waals surface area contributed by atoms with Gasteiger partial charge in [0.2, 0.25) is 0 Å². The zero-order valence-electron chi connectivity index (χ0n) is 10.9. The third-order valence-electron chi connectivity index (χ3n) is 4.73. The zero-order chi connectivity index (χ0) is 11.5. The van der Waals surface area contributed by atoms with E-state index < -0.39 is 0 Å². The lowest BCUT2D eigenvalue weighted by Gasteiger charge is -2.50. The Labute approximate surface area is 96.2 Å². The molecule has 15 heavy (non-hydrogen) atoms. The minimum absolute atomic E-state index is 0.686. The summed E-state index contributed by atoms with van der Waals surface area (Å²) in [5.74, 6) is 3.17. The highest BCUT2D eigenvalue weighted by Gasteiger charge is 2.43. The van der Waals surface area contributed by atoms with Crippen molar-refractivity contribution in [2.75, 3.05) is 0 Å². The fourth-order valence-corrected chi connectivity index (χ4v) is 3.45. The van der Waals surface area contributed by atoms with Crippen molar-refractivity contribution in [3.8, 4) is 0 Å². The van der Waals surface area contributed by atoms with Gasteiger partial charge >= 0.3 is 0 Å². The summed E-state index contributed by atoms with van der Waals surface area (Å²) in [5, 5.41) is 0. The van der Waals surface area contributed by atoms with Crippen LogP contribution in [0.5, 0.6) is 0 Å². The van der Waals surface area contributed by atoms with Crippen LogP contribution in [0.25, 0.3) is 0 Å². The molecule has 2 fully saturated rings. The smallest absolute Gasteiger partial charge is 0.0323 e. The quantitative estimate of drug-likeness (QED) is 0.529. The molecule has 0 aliphatic heterocycles. The molecule has 0 bridgehead atoms. The molecule has 0 N–H and O–H groups in total. The summed E-state index contributed by atoms with van der Waals surface area (Å²) in [6, 6.07) is 0. The molecule has 0 nitrogen and oxygen atoms in total.